The molecule has 0 aromatic heterocycles. The van der Waals surface area contributed by atoms with Crippen molar-refractivity contribution in [3.63, 3.8) is 0 Å². The minimum Gasteiger partial charge on any atom is -0.373 e. The zero-order valence-electron chi connectivity index (χ0n) is 11.1. The third kappa shape index (κ3) is 5.87. The molecule has 96 valence electrons. The van der Waals surface area contributed by atoms with E-state index in [4.69, 9.17) is 4.74 Å². The van der Waals surface area contributed by atoms with E-state index in [2.05, 4.69) is 67.6 Å². The number of hydrogen-bond donors (Lipinski definition) is 0. The fourth-order valence-electron chi connectivity index (χ4n) is 1.82. The van der Waals surface area contributed by atoms with Crippen LogP contribution in [0.1, 0.15) is 43.9 Å². The molecule has 0 bridgehead atoms. The van der Waals surface area contributed by atoms with Gasteiger partial charge in [0.25, 0.3) is 0 Å². The molecule has 0 radical (unpaired) electrons. The highest BCUT2D eigenvalue weighted by Gasteiger charge is 2.10. The van der Waals surface area contributed by atoms with Gasteiger partial charge in [0.05, 0.1) is 6.10 Å². The maximum atomic E-state index is 5.98. The summed E-state index contributed by atoms with van der Waals surface area (Å²) in [7, 11) is 0. The summed E-state index contributed by atoms with van der Waals surface area (Å²) in [5.74, 6) is 0.774. The van der Waals surface area contributed by atoms with Gasteiger partial charge in [0, 0.05) is 11.0 Å². The first kappa shape index (κ1) is 15.0. The van der Waals surface area contributed by atoms with Gasteiger partial charge in [-0.25, -0.2) is 0 Å². The second kappa shape index (κ2) is 8.09. The molecule has 0 amide bonds. The SMILES string of the molecule is Cc1cccc(C(CI)OCCCC(C)C)c1. The quantitative estimate of drug-likeness (QED) is 0.387. The van der Waals surface area contributed by atoms with Crippen LogP contribution in [0.15, 0.2) is 24.3 Å². The lowest BCUT2D eigenvalue weighted by atomic mass is 10.1. The molecule has 0 aliphatic rings. The standard InChI is InChI=1S/C15H23IO/c1-12(2)6-5-9-17-15(11-16)14-8-4-7-13(3)10-14/h4,7-8,10,12,15H,5-6,9,11H2,1-3H3. The fraction of sp³-hybridized carbons (Fsp3) is 0.600. The highest BCUT2D eigenvalue weighted by atomic mass is 127. The van der Waals surface area contributed by atoms with Crippen molar-refractivity contribution < 1.29 is 4.74 Å². The fourth-order valence-corrected chi connectivity index (χ4v) is 2.58. The Labute approximate surface area is 119 Å². The zero-order valence-corrected chi connectivity index (χ0v) is 13.2. The van der Waals surface area contributed by atoms with Gasteiger partial charge < -0.3 is 4.74 Å². The Hall–Kier alpha value is -0.0900. The third-order valence-electron chi connectivity index (χ3n) is 2.80. The number of aryl methyl sites for hydroxylation is 1. The van der Waals surface area contributed by atoms with Gasteiger partial charge >= 0.3 is 0 Å². The molecule has 2 heteroatoms. The van der Waals surface area contributed by atoms with Crippen LogP contribution in [0.3, 0.4) is 0 Å². The van der Waals surface area contributed by atoms with Crippen molar-refractivity contribution in [1.29, 1.82) is 0 Å². The molecule has 1 nitrogen and oxygen atoms in total. The van der Waals surface area contributed by atoms with Gasteiger partial charge in [0.15, 0.2) is 0 Å². The molecule has 0 heterocycles. The predicted molar refractivity (Wildman–Crippen MR) is 82.8 cm³/mol. The Bertz CT molecular complexity index is 322. The smallest absolute Gasteiger partial charge is 0.0914 e. The van der Waals surface area contributed by atoms with Gasteiger partial charge in [-0.3, -0.25) is 0 Å². The number of halogens is 1. The molecule has 0 saturated carbocycles. The predicted octanol–water partition coefficient (Wildman–Crippen LogP) is 4.92. The minimum absolute atomic E-state index is 0.252. The topological polar surface area (TPSA) is 9.23 Å². The molecule has 0 saturated heterocycles. The van der Waals surface area contributed by atoms with Crippen LogP contribution in [0.25, 0.3) is 0 Å². The van der Waals surface area contributed by atoms with E-state index in [1.165, 1.54) is 17.5 Å². The van der Waals surface area contributed by atoms with E-state index in [1.807, 2.05) is 0 Å². The number of ether oxygens (including phenoxy) is 1. The molecule has 17 heavy (non-hydrogen) atoms. The van der Waals surface area contributed by atoms with Crippen molar-refractivity contribution in [2.75, 3.05) is 11.0 Å². The summed E-state index contributed by atoms with van der Waals surface area (Å²) >= 11 is 2.40. The normalized spacial score (nSPS) is 13.0. The van der Waals surface area contributed by atoms with Crippen LogP contribution in [0.5, 0.6) is 0 Å². The average Bonchev–Trinajstić information content (AvgIpc) is 2.29. The van der Waals surface area contributed by atoms with Crippen molar-refractivity contribution in [2.45, 2.75) is 39.7 Å². The first-order valence-corrected chi connectivity index (χ1v) is 7.90. The summed E-state index contributed by atoms with van der Waals surface area (Å²) < 4.78 is 6.99. The molecule has 1 unspecified atom stereocenters. The summed E-state index contributed by atoms with van der Waals surface area (Å²) in [4.78, 5) is 0. The summed E-state index contributed by atoms with van der Waals surface area (Å²) in [6, 6.07) is 8.64. The summed E-state index contributed by atoms with van der Waals surface area (Å²) in [5.41, 5.74) is 2.62. The van der Waals surface area contributed by atoms with Gasteiger partial charge in [0.2, 0.25) is 0 Å². The lowest BCUT2D eigenvalue weighted by Gasteiger charge is -2.16. The van der Waals surface area contributed by atoms with E-state index in [0.29, 0.717) is 0 Å². The van der Waals surface area contributed by atoms with Crippen LogP contribution < -0.4 is 0 Å². The lowest BCUT2D eigenvalue weighted by Crippen LogP contribution is -2.07. The molecule has 0 aliphatic carbocycles. The van der Waals surface area contributed by atoms with Crippen LogP contribution in [0.4, 0.5) is 0 Å². The van der Waals surface area contributed by atoms with E-state index in [0.717, 1.165) is 23.4 Å². The molecule has 1 aromatic carbocycles. The average molecular weight is 346 g/mol. The van der Waals surface area contributed by atoms with Gasteiger partial charge in [-0.2, -0.15) is 0 Å². The van der Waals surface area contributed by atoms with Crippen LogP contribution >= 0.6 is 22.6 Å². The van der Waals surface area contributed by atoms with Crippen LogP contribution in [-0.2, 0) is 4.74 Å². The van der Waals surface area contributed by atoms with Crippen LogP contribution in [-0.4, -0.2) is 11.0 Å². The van der Waals surface area contributed by atoms with Crippen molar-refractivity contribution in [2.24, 2.45) is 5.92 Å². The Balaban J connectivity index is 2.43. The number of alkyl halides is 1. The Morgan fingerprint density at radius 3 is 2.65 bits per heavy atom. The van der Waals surface area contributed by atoms with Gasteiger partial charge in [-0.15, -0.1) is 0 Å². The van der Waals surface area contributed by atoms with Crippen LogP contribution in [0.2, 0.25) is 0 Å². The first-order chi connectivity index (χ1) is 8.13. The van der Waals surface area contributed by atoms with Gasteiger partial charge in [-0.1, -0.05) is 66.3 Å². The maximum Gasteiger partial charge on any atom is 0.0914 e. The molecule has 0 spiro atoms. The van der Waals surface area contributed by atoms with E-state index < -0.39 is 0 Å². The van der Waals surface area contributed by atoms with Gasteiger partial charge in [-0.05, 0) is 31.2 Å². The summed E-state index contributed by atoms with van der Waals surface area (Å²) in [6.07, 6.45) is 2.67. The third-order valence-corrected chi connectivity index (χ3v) is 3.60. The van der Waals surface area contributed by atoms with E-state index in [-0.39, 0.29) is 6.10 Å². The number of rotatable bonds is 7. The molecular weight excluding hydrogens is 323 g/mol. The van der Waals surface area contributed by atoms with E-state index in [1.54, 1.807) is 0 Å². The molecule has 1 atom stereocenters. The maximum absolute atomic E-state index is 5.98. The zero-order chi connectivity index (χ0) is 12.7. The molecule has 0 fully saturated rings. The van der Waals surface area contributed by atoms with Crippen molar-refractivity contribution in [3.05, 3.63) is 35.4 Å². The highest BCUT2D eigenvalue weighted by molar-refractivity contribution is 14.1. The molecule has 0 aliphatic heterocycles. The van der Waals surface area contributed by atoms with Crippen LogP contribution in [0, 0.1) is 12.8 Å². The molecule has 1 rings (SSSR count). The summed E-state index contributed by atoms with van der Waals surface area (Å²) in [5, 5.41) is 0. The van der Waals surface area contributed by atoms with Crippen molar-refractivity contribution >= 4 is 22.6 Å². The Morgan fingerprint density at radius 1 is 1.29 bits per heavy atom. The second-order valence-corrected chi connectivity index (χ2v) is 5.84. The Morgan fingerprint density at radius 2 is 2.06 bits per heavy atom. The number of benzene rings is 1. The summed E-state index contributed by atoms with van der Waals surface area (Å²) in [6.45, 7) is 7.53. The number of hydrogen-bond acceptors (Lipinski definition) is 1. The van der Waals surface area contributed by atoms with Crippen molar-refractivity contribution in [1.82, 2.24) is 0 Å². The molecular formula is C15H23IO. The lowest BCUT2D eigenvalue weighted by molar-refractivity contribution is 0.0665. The molecule has 0 N–H and O–H groups in total. The van der Waals surface area contributed by atoms with E-state index in [9.17, 15) is 0 Å². The first-order valence-electron chi connectivity index (χ1n) is 6.37. The molecule has 1 aromatic rings. The minimum atomic E-state index is 0.252. The Kier molecular flexibility index (Phi) is 7.12. The van der Waals surface area contributed by atoms with Gasteiger partial charge in [0.1, 0.15) is 0 Å². The monoisotopic (exact) mass is 346 g/mol. The second-order valence-electron chi connectivity index (χ2n) is 4.96. The van der Waals surface area contributed by atoms with E-state index >= 15 is 0 Å². The highest BCUT2D eigenvalue weighted by Crippen LogP contribution is 2.21. The largest absolute Gasteiger partial charge is 0.373 e. The van der Waals surface area contributed by atoms with Crippen molar-refractivity contribution in [3.8, 4) is 0 Å².